The van der Waals surface area contributed by atoms with E-state index < -0.39 is 11.7 Å². The van der Waals surface area contributed by atoms with Crippen LogP contribution in [0.1, 0.15) is 27.2 Å². The topological polar surface area (TPSA) is 57.5 Å². The molecule has 0 heterocycles. The summed E-state index contributed by atoms with van der Waals surface area (Å²) in [6.07, 6.45) is 1.04. The number of allylic oxidation sites excluding steroid dienone is 1. The highest BCUT2D eigenvalue weighted by atomic mass is 16.3. The Morgan fingerprint density at radius 1 is 1.54 bits per heavy atom. The standard InChI is InChI=1S/C10H16O3/c1-6-4-9(12)7(5-8(6)11)10(2,3)13/h4,7,9,12-13H,5H2,1-3H3. The molecule has 13 heavy (non-hydrogen) atoms. The summed E-state index contributed by atoms with van der Waals surface area (Å²) in [5, 5.41) is 19.3. The maximum Gasteiger partial charge on any atom is 0.158 e. The quantitative estimate of drug-likeness (QED) is 0.629. The fraction of sp³-hybridized carbons (Fsp3) is 0.700. The Morgan fingerprint density at radius 3 is 2.54 bits per heavy atom. The SMILES string of the molecule is CC1=CC(O)C(C(C)(C)O)CC1=O. The van der Waals surface area contributed by atoms with Gasteiger partial charge >= 0.3 is 0 Å². The molecule has 0 aromatic rings. The zero-order chi connectivity index (χ0) is 10.2. The van der Waals surface area contributed by atoms with E-state index in [4.69, 9.17) is 0 Å². The van der Waals surface area contributed by atoms with Gasteiger partial charge < -0.3 is 10.2 Å². The summed E-state index contributed by atoms with van der Waals surface area (Å²) in [5.74, 6) is -0.374. The molecule has 1 aliphatic carbocycles. The first-order valence-electron chi connectivity index (χ1n) is 4.44. The van der Waals surface area contributed by atoms with Crippen LogP contribution in [-0.2, 0) is 4.79 Å². The van der Waals surface area contributed by atoms with Gasteiger partial charge in [0, 0.05) is 12.3 Å². The van der Waals surface area contributed by atoms with Crippen molar-refractivity contribution >= 4 is 5.78 Å². The lowest BCUT2D eigenvalue weighted by atomic mass is 9.77. The van der Waals surface area contributed by atoms with E-state index in [1.807, 2.05) is 0 Å². The molecule has 74 valence electrons. The van der Waals surface area contributed by atoms with Crippen LogP contribution in [0.2, 0.25) is 0 Å². The molecule has 3 heteroatoms. The van der Waals surface area contributed by atoms with Crippen LogP contribution in [0.15, 0.2) is 11.6 Å². The summed E-state index contributed by atoms with van der Waals surface area (Å²) in [6, 6.07) is 0. The third kappa shape index (κ3) is 2.17. The van der Waals surface area contributed by atoms with Crippen LogP contribution in [0.25, 0.3) is 0 Å². The van der Waals surface area contributed by atoms with E-state index in [-0.39, 0.29) is 18.1 Å². The van der Waals surface area contributed by atoms with Crippen molar-refractivity contribution in [1.29, 1.82) is 0 Å². The van der Waals surface area contributed by atoms with Gasteiger partial charge in [-0.3, -0.25) is 4.79 Å². The fourth-order valence-corrected chi connectivity index (χ4v) is 1.61. The molecule has 2 N–H and O–H groups in total. The van der Waals surface area contributed by atoms with Crippen molar-refractivity contribution in [3.05, 3.63) is 11.6 Å². The van der Waals surface area contributed by atoms with Crippen molar-refractivity contribution in [1.82, 2.24) is 0 Å². The molecule has 0 aromatic heterocycles. The Labute approximate surface area is 78.1 Å². The minimum Gasteiger partial charge on any atom is -0.390 e. The molecule has 0 saturated heterocycles. The van der Waals surface area contributed by atoms with Crippen LogP contribution in [0, 0.1) is 5.92 Å². The molecule has 0 amide bonds. The van der Waals surface area contributed by atoms with E-state index in [1.165, 1.54) is 6.08 Å². The second-order valence-corrected chi connectivity index (χ2v) is 4.23. The molecule has 0 aliphatic heterocycles. The number of rotatable bonds is 1. The number of Topliss-reactive ketones (excluding diaryl/α,β-unsaturated/α-hetero) is 1. The van der Waals surface area contributed by atoms with Crippen LogP contribution in [0.3, 0.4) is 0 Å². The Hall–Kier alpha value is -0.670. The first-order chi connectivity index (χ1) is 5.82. The number of aliphatic hydroxyl groups excluding tert-OH is 1. The zero-order valence-electron chi connectivity index (χ0n) is 8.24. The van der Waals surface area contributed by atoms with Crippen LogP contribution >= 0.6 is 0 Å². The Balaban J connectivity index is 2.89. The number of aliphatic hydroxyl groups is 2. The molecule has 0 aromatic carbocycles. The van der Waals surface area contributed by atoms with Crippen LogP contribution < -0.4 is 0 Å². The largest absolute Gasteiger partial charge is 0.390 e. The van der Waals surface area contributed by atoms with Gasteiger partial charge in [0.05, 0.1) is 11.7 Å². The summed E-state index contributed by atoms with van der Waals surface area (Å²) in [4.78, 5) is 11.3. The van der Waals surface area contributed by atoms with Crippen LogP contribution in [0.5, 0.6) is 0 Å². The van der Waals surface area contributed by atoms with Crippen LogP contribution in [-0.4, -0.2) is 27.7 Å². The molecular formula is C10H16O3. The fourth-order valence-electron chi connectivity index (χ4n) is 1.61. The number of ketones is 1. The Bertz CT molecular complexity index is 247. The Kier molecular flexibility index (Phi) is 2.59. The molecule has 1 rings (SSSR count). The van der Waals surface area contributed by atoms with Gasteiger partial charge in [0.1, 0.15) is 0 Å². The molecule has 0 bridgehead atoms. The number of carbonyl (C=O) groups is 1. The van der Waals surface area contributed by atoms with E-state index >= 15 is 0 Å². The van der Waals surface area contributed by atoms with Gasteiger partial charge in [0.2, 0.25) is 0 Å². The first-order valence-corrected chi connectivity index (χ1v) is 4.44. The smallest absolute Gasteiger partial charge is 0.158 e. The predicted octanol–water partition coefficient (Wildman–Crippen LogP) is 0.653. The number of hydrogen-bond donors (Lipinski definition) is 2. The molecule has 2 unspecified atom stereocenters. The van der Waals surface area contributed by atoms with Crippen molar-refractivity contribution in [3.63, 3.8) is 0 Å². The summed E-state index contributed by atoms with van der Waals surface area (Å²) in [6.45, 7) is 4.91. The minimum absolute atomic E-state index is 0.0115. The molecule has 1 aliphatic rings. The van der Waals surface area contributed by atoms with Crippen molar-refractivity contribution in [2.24, 2.45) is 5.92 Å². The zero-order valence-corrected chi connectivity index (χ0v) is 8.24. The highest BCUT2D eigenvalue weighted by Crippen LogP contribution is 2.29. The highest BCUT2D eigenvalue weighted by Gasteiger charge is 2.36. The maximum absolute atomic E-state index is 11.3. The first kappa shape index (κ1) is 10.4. The lowest BCUT2D eigenvalue weighted by Gasteiger charge is -2.34. The van der Waals surface area contributed by atoms with E-state index in [2.05, 4.69) is 0 Å². The maximum atomic E-state index is 11.3. The molecule has 2 atom stereocenters. The summed E-state index contributed by atoms with van der Waals surface area (Å²) in [7, 11) is 0. The third-order valence-corrected chi connectivity index (χ3v) is 2.59. The van der Waals surface area contributed by atoms with Crippen molar-refractivity contribution in [2.75, 3.05) is 0 Å². The lowest BCUT2D eigenvalue weighted by Crippen LogP contribution is -2.42. The molecule has 0 radical (unpaired) electrons. The monoisotopic (exact) mass is 184 g/mol. The summed E-state index contributed by atoms with van der Waals surface area (Å²) >= 11 is 0. The van der Waals surface area contributed by atoms with Crippen LogP contribution in [0.4, 0.5) is 0 Å². The average Bonchev–Trinajstić information content (AvgIpc) is 1.94. The van der Waals surface area contributed by atoms with Crippen molar-refractivity contribution in [3.8, 4) is 0 Å². The second kappa shape index (κ2) is 3.24. The van der Waals surface area contributed by atoms with Gasteiger partial charge in [-0.25, -0.2) is 0 Å². The van der Waals surface area contributed by atoms with Gasteiger partial charge in [-0.2, -0.15) is 0 Å². The van der Waals surface area contributed by atoms with Crippen molar-refractivity contribution < 1.29 is 15.0 Å². The number of carbonyl (C=O) groups excluding carboxylic acids is 1. The van der Waals surface area contributed by atoms with E-state index in [0.29, 0.717) is 5.57 Å². The van der Waals surface area contributed by atoms with Gasteiger partial charge in [0.25, 0.3) is 0 Å². The number of hydrogen-bond acceptors (Lipinski definition) is 3. The van der Waals surface area contributed by atoms with Crippen molar-refractivity contribution in [2.45, 2.75) is 38.9 Å². The van der Waals surface area contributed by atoms with E-state index in [0.717, 1.165) is 0 Å². The van der Waals surface area contributed by atoms with E-state index in [1.54, 1.807) is 20.8 Å². The molecule has 3 nitrogen and oxygen atoms in total. The van der Waals surface area contributed by atoms with E-state index in [9.17, 15) is 15.0 Å². The minimum atomic E-state index is -1.01. The Morgan fingerprint density at radius 2 is 2.08 bits per heavy atom. The van der Waals surface area contributed by atoms with Gasteiger partial charge in [-0.05, 0) is 32.4 Å². The highest BCUT2D eigenvalue weighted by molar-refractivity contribution is 5.96. The second-order valence-electron chi connectivity index (χ2n) is 4.23. The predicted molar refractivity (Wildman–Crippen MR) is 49.2 cm³/mol. The summed E-state index contributed by atoms with van der Waals surface area (Å²) < 4.78 is 0. The molecule has 0 fully saturated rings. The van der Waals surface area contributed by atoms with Gasteiger partial charge in [-0.15, -0.1) is 0 Å². The van der Waals surface area contributed by atoms with Gasteiger partial charge in [-0.1, -0.05) is 0 Å². The molecule has 0 spiro atoms. The molecular weight excluding hydrogens is 168 g/mol. The molecule has 0 saturated carbocycles. The normalized spacial score (nSPS) is 30.2. The third-order valence-electron chi connectivity index (χ3n) is 2.59. The lowest BCUT2D eigenvalue weighted by molar-refractivity contribution is -0.122. The van der Waals surface area contributed by atoms with Gasteiger partial charge in [0.15, 0.2) is 5.78 Å². The average molecular weight is 184 g/mol. The summed E-state index contributed by atoms with van der Waals surface area (Å²) in [5.41, 5.74) is -0.417.